The molecule has 0 radical (unpaired) electrons. The van der Waals surface area contributed by atoms with Gasteiger partial charge in [-0.3, -0.25) is 4.79 Å². The number of hydrogen-bond donors (Lipinski definition) is 1. The van der Waals surface area contributed by atoms with E-state index in [1.807, 2.05) is 25.9 Å². The molecular weight excluding hydrogens is 244 g/mol. The maximum atomic E-state index is 10.7. The van der Waals surface area contributed by atoms with Gasteiger partial charge in [0.1, 0.15) is 0 Å². The van der Waals surface area contributed by atoms with Gasteiger partial charge in [-0.2, -0.15) is 0 Å². The Bertz CT molecular complexity index is 373. The molecule has 1 rings (SSSR count). The molecule has 1 N–H and O–H groups in total. The SMILES string of the molecule is C=CN1CCCC1=O.CC/C(=C(/C)C(=O)O)N(C)C. The molecule has 1 aliphatic heterocycles. The summed E-state index contributed by atoms with van der Waals surface area (Å²) in [6, 6.07) is 0. The predicted octanol–water partition coefficient (Wildman–Crippen LogP) is 2.07. The highest BCUT2D eigenvalue weighted by Gasteiger charge is 2.16. The highest BCUT2D eigenvalue weighted by atomic mass is 16.4. The van der Waals surface area contributed by atoms with Gasteiger partial charge in [-0.05, 0) is 26.0 Å². The number of carboxylic acids is 1. The molecule has 19 heavy (non-hydrogen) atoms. The van der Waals surface area contributed by atoms with Gasteiger partial charge in [-0.25, -0.2) is 4.79 Å². The monoisotopic (exact) mass is 268 g/mol. The number of hydrogen-bond acceptors (Lipinski definition) is 3. The molecule has 1 saturated heterocycles. The Kier molecular flexibility index (Phi) is 7.56. The molecule has 1 aliphatic rings. The third-order valence-electron chi connectivity index (χ3n) is 2.96. The highest BCUT2D eigenvalue weighted by molar-refractivity contribution is 5.86. The molecule has 0 aromatic rings. The first-order valence-electron chi connectivity index (χ1n) is 6.37. The minimum atomic E-state index is -0.837. The fraction of sp³-hybridized carbons (Fsp3) is 0.571. The summed E-state index contributed by atoms with van der Waals surface area (Å²) in [5, 5.41) is 8.65. The van der Waals surface area contributed by atoms with Gasteiger partial charge in [0.15, 0.2) is 0 Å². The standard InChI is InChI=1S/C8H15NO2.C6H9NO/c1-5-7(9(3)4)6(2)8(10)11;1-2-7-5-3-4-6(7)8/h5H2,1-4H3,(H,10,11);2H,1,3-5H2/b7-6+;. The van der Waals surface area contributed by atoms with Crippen molar-refractivity contribution in [3.05, 3.63) is 24.0 Å². The molecule has 5 nitrogen and oxygen atoms in total. The number of likely N-dealkylation sites (tertiary alicyclic amines) is 1. The zero-order valence-corrected chi connectivity index (χ0v) is 12.3. The van der Waals surface area contributed by atoms with Crippen molar-refractivity contribution in [1.29, 1.82) is 0 Å². The molecule has 1 fully saturated rings. The van der Waals surface area contributed by atoms with E-state index in [1.54, 1.807) is 18.0 Å². The smallest absolute Gasteiger partial charge is 0.333 e. The second-order valence-corrected chi connectivity index (χ2v) is 4.50. The van der Waals surface area contributed by atoms with E-state index in [1.165, 1.54) is 0 Å². The van der Waals surface area contributed by atoms with Crippen molar-refractivity contribution in [1.82, 2.24) is 9.80 Å². The van der Waals surface area contributed by atoms with E-state index in [0.29, 0.717) is 12.0 Å². The van der Waals surface area contributed by atoms with Crippen LogP contribution in [0.25, 0.3) is 0 Å². The Morgan fingerprint density at radius 3 is 2.26 bits per heavy atom. The van der Waals surface area contributed by atoms with E-state index in [-0.39, 0.29) is 5.91 Å². The van der Waals surface area contributed by atoms with Crippen molar-refractivity contribution >= 4 is 11.9 Å². The van der Waals surface area contributed by atoms with E-state index in [9.17, 15) is 9.59 Å². The number of allylic oxidation sites excluding steroid dienone is 1. The van der Waals surface area contributed by atoms with Crippen LogP contribution < -0.4 is 0 Å². The lowest BCUT2D eigenvalue weighted by Crippen LogP contribution is -2.16. The van der Waals surface area contributed by atoms with Crippen molar-refractivity contribution in [2.24, 2.45) is 0 Å². The first-order valence-corrected chi connectivity index (χ1v) is 6.37. The molecule has 0 unspecified atom stereocenters. The Hall–Kier alpha value is -1.78. The van der Waals surface area contributed by atoms with Gasteiger partial charge in [-0.1, -0.05) is 13.5 Å². The molecule has 1 heterocycles. The van der Waals surface area contributed by atoms with Gasteiger partial charge < -0.3 is 14.9 Å². The summed E-state index contributed by atoms with van der Waals surface area (Å²) in [7, 11) is 3.70. The molecule has 0 aromatic carbocycles. The summed E-state index contributed by atoms with van der Waals surface area (Å²) in [6.45, 7) is 7.93. The number of carbonyl (C=O) groups is 2. The largest absolute Gasteiger partial charge is 0.478 e. The van der Waals surface area contributed by atoms with Crippen LogP contribution in [0.15, 0.2) is 24.0 Å². The van der Waals surface area contributed by atoms with Crippen molar-refractivity contribution in [2.75, 3.05) is 20.6 Å². The summed E-state index contributed by atoms with van der Waals surface area (Å²) < 4.78 is 0. The van der Waals surface area contributed by atoms with Crippen LogP contribution in [0.1, 0.15) is 33.1 Å². The molecule has 5 heteroatoms. The van der Waals surface area contributed by atoms with Gasteiger partial charge in [0.2, 0.25) is 5.91 Å². The van der Waals surface area contributed by atoms with E-state index in [4.69, 9.17) is 5.11 Å². The lowest BCUT2D eigenvalue weighted by Gasteiger charge is -2.17. The zero-order chi connectivity index (χ0) is 15.0. The Morgan fingerprint density at radius 2 is 2.11 bits per heavy atom. The fourth-order valence-corrected chi connectivity index (χ4v) is 1.90. The van der Waals surface area contributed by atoms with Crippen LogP contribution in [0, 0.1) is 0 Å². The maximum absolute atomic E-state index is 10.7. The minimum absolute atomic E-state index is 0.208. The first-order chi connectivity index (χ1) is 8.84. The minimum Gasteiger partial charge on any atom is -0.478 e. The summed E-state index contributed by atoms with van der Waals surface area (Å²) in [5.74, 6) is -0.629. The Morgan fingerprint density at radius 1 is 1.53 bits per heavy atom. The van der Waals surface area contributed by atoms with Crippen LogP contribution in [-0.4, -0.2) is 47.4 Å². The molecule has 0 atom stereocenters. The topological polar surface area (TPSA) is 60.9 Å². The van der Waals surface area contributed by atoms with Crippen LogP contribution in [-0.2, 0) is 9.59 Å². The van der Waals surface area contributed by atoms with Crippen LogP contribution in [0.2, 0.25) is 0 Å². The molecule has 0 saturated carbocycles. The van der Waals surface area contributed by atoms with E-state index >= 15 is 0 Å². The number of rotatable bonds is 4. The lowest BCUT2D eigenvalue weighted by molar-refractivity contribution is -0.132. The lowest BCUT2D eigenvalue weighted by atomic mass is 10.2. The molecule has 0 aliphatic carbocycles. The van der Waals surface area contributed by atoms with Crippen LogP contribution in [0.3, 0.4) is 0 Å². The first kappa shape index (κ1) is 17.2. The van der Waals surface area contributed by atoms with Gasteiger partial charge in [0.25, 0.3) is 0 Å². The summed E-state index contributed by atoms with van der Waals surface area (Å²) in [4.78, 5) is 24.7. The number of aliphatic carboxylic acids is 1. The van der Waals surface area contributed by atoms with Crippen molar-refractivity contribution < 1.29 is 14.7 Å². The van der Waals surface area contributed by atoms with Crippen LogP contribution >= 0.6 is 0 Å². The summed E-state index contributed by atoms with van der Waals surface area (Å²) in [6.07, 6.45) is 4.04. The molecular formula is C14H24N2O3. The molecule has 0 bridgehead atoms. The van der Waals surface area contributed by atoms with Gasteiger partial charge >= 0.3 is 5.97 Å². The third-order valence-corrected chi connectivity index (χ3v) is 2.96. The molecule has 0 spiro atoms. The summed E-state index contributed by atoms with van der Waals surface area (Å²) in [5.41, 5.74) is 1.30. The van der Waals surface area contributed by atoms with E-state index in [0.717, 1.165) is 25.1 Å². The van der Waals surface area contributed by atoms with Crippen molar-refractivity contribution in [3.63, 3.8) is 0 Å². The Labute approximate surface area is 115 Å². The number of carboxylic acid groups (broad SMARTS) is 1. The molecule has 108 valence electrons. The Balaban J connectivity index is 0.000000356. The zero-order valence-electron chi connectivity index (χ0n) is 12.3. The molecule has 0 aromatic heterocycles. The molecule has 1 amide bonds. The van der Waals surface area contributed by atoms with Crippen molar-refractivity contribution in [2.45, 2.75) is 33.1 Å². The normalized spacial score (nSPS) is 15.4. The third kappa shape index (κ3) is 5.59. The summed E-state index contributed by atoms with van der Waals surface area (Å²) >= 11 is 0. The highest BCUT2D eigenvalue weighted by Crippen LogP contribution is 2.10. The number of amides is 1. The van der Waals surface area contributed by atoms with E-state index < -0.39 is 5.97 Å². The fourth-order valence-electron chi connectivity index (χ4n) is 1.90. The predicted molar refractivity (Wildman–Crippen MR) is 75.5 cm³/mol. The van der Waals surface area contributed by atoms with E-state index in [2.05, 4.69) is 6.58 Å². The van der Waals surface area contributed by atoms with Gasteiger partial charge in [0, 0.05) is 32.8 Å². The maximum Gasteiger partial charge on any atom is 0.333 e. The van der Waals surface area contributed by atoms with Crippen molar-refractivity contribution in [3.8, 4) is 0 Å². The van der Waals surface area contributed by atoms with Gasteiger partial charge in [-0.15, -0.1) is 0 Å². The van der Waals surface area contributed by atoms with Gasteiger partial charge in [0.05, 0.1) is 5.57 Å². The number of carbonyl (C=O) groups excluding carboxylic acids is 1. The second kappa shape index (κ2) is 8.34. The quantitative estimate of drug-likeness (QED) is 0.793. The van der Waals surface area contributed by atoms with Crippen LogP contribution in [0.4, 0.5) is 0 Å². The average molecular weight is 268 g/mol. The second-order valence-electron chi connectivity index (χ2n) is 4.50. The van der Waals surface area contributed by atoms with Crippen LogP contribution in [0.5, 0.6) is 0 Å². The number of nitrogens with zero attached hydrogens (tertiary/aromatic N) is 2. The average Bonchev–Trinajstić information content (AvgIpc) is 2.75.